The van der Waals surface area contributed by atoms with Crippen LogP contribution in [0.3, 0.4) is 0 Å². The molecule has 1 aliphatic carbocycles. The van der Waals surface area contributed by atoms with E-state index in [4.69, 9.17) is 11.6 Å². The lowest BCUT2D eigenvalue weighted by Crippen LogP contribution is -2.14. The second-order valence-corrected chi connectivity index (χ2v) is 5.46. The smallest absolute Gasteiger partial charge is 0.285 e. The number of aromatic amines is 1. The minimum absolute atomic E-state index is 0.0610. The number of nitrogens with zero attached hydrogens (tertiary/aromatic N) is 1. The largest absolute Gasteiger partial charge is 0.294 e. The molecule has 0 radical (unpaired) electrons. The third-order valence-electron chi connectivity index (χ3n) is 2.91. The third-order valence-corrected chi connectivity index (χ3v) is 3.91. The van der Waals surface area contributed by atoms with Crippen LogP contribution < -0.4 is 5.56 Å². The number of aromatic nitrogens is 2. The predicted molar refractivity (Wildman–Crippen MR) is 71.1 cm³/mol. The van der Waals surface area contributed by atoms with E-state index in [9.17, 15) is 4.79 Å². The summed E-state index contributed by atoms with van der Waals surface area (Å²) in [5.74, 6) is 0.498. The molecule has 1 aliphatic rings. The molecule has 0 unspecified atom stereocenters. The van der Waals surface area contributed by atoms with Crippen molar-refractivity contribution in [3.05, 3.63) is 49.8 Å². The average molecular weight is 314 g/mol. The average Bonchev–Trinajstić information content (AvgIpc) is 3.09. The monoisotopic (exact) mass is 312 g/mol. The Labute approximate surface area is 112 Å². The molecule has 17 heavy (non-hydrogen) atoms. The van der Waals surface area contributed by atoms with Crippen LogP contribution >= 0.6 is 27.5 Å². The van der Waals surface area contributed by atoms with Crippen molar-refractivity contribution in [2.75, 3.05) is 0 Å². The Morgan fingerprint density at radius 1 is 1.41 bits per heavy atom. The molecular weight excluding hydrogens is 304 g/mol. The molecule has 0 amide bonds. The van der Waals surface area contributed by atoms with E-state index in [0.29, 0.717) is 15.4 Å². The number of H-pyrrole nitrogens is 1. The molecule has 0 spiro atoms. The molecule has 1 N–H and O–H groups in total. The minimum atomic E-state index is -0.0610. The number of halogens is 2. The quantitative estimate of drug-likeness (QED) is 0.906. The van der Waals surface area contributed by atoms with Gasteiger partial charge < -0.3 is 0 Å². The maximum Gasteiger partial charge on any atom is 0.285 e. The fraction of sp³-hybridized carbons (Fsp3) is 0.250. The number of nitrogens with one attached hydrogen (secondary N) is 1. The lowest BCUT2D eigenvalue weighted by atomic mass is 10.3. The van der Waals surface area contributed by atoms with Gasteiger partial charge in [-0.05, 0) is 47.0 Å². The van der Waals surface area contributed by atoms with Gasteiger partial charge >= 0.3 is 0 Å². The van der Waals surface area contributed by atoms with Gasteiger partial charge in [-0.15, -0.1) is 0 Å². The summed E-state index contributed by atoms with van der Waals surface area (Å²) >= 11 is 9.29. The summed E-state index contributed by atoms with van der Waals surface area (Å²) in [7, 11) is 0. The maximum absolute atomic E-state index is 12.1. The van der Waals surface area contributed by atoms with E-state index in [1.165, 1.54) is 4.68 Å². The van der Waals surface area contributed by atoms with Gasteiger partial charge in [-0.25, -0.2) is 4.68 Å². The third kappa shape index (κ3) is 1.96. The molecule has 3 rings (SSSR count). The Morgan fingerprint density at radius 2 is 2.18 bits per heavy atom. The van der Waals surface area contributed by atoms with Crippen LogP contribution in [0.2, 0.25) is 5.02 Å². The summed E-state index contributed by atoms with van der Waals surface area (Å²) in [6.45, 7) is 0. The molecule has 88 valence electrons. The number of hydrogen-bond acceptors (Lipinski definition) is 1. The first kappa shape index (κ1) is 11.1. The zero-order valence-electron chi connectivity index (χ0n) is 8.91. The van der Waals surface area contributed by atoms with E-state index in [1.54, 1.807) is 12.1 Å². The van der Waals surface area contributed by atoms with Gasteiger partial charge in [0.2, 0.25) is 0 Å². The Bertz CT molecular complexity index is 628. The molecule has 0 bridgehead atoms. The van der Waals surface area contributed by atoms with Crippen LogP contribution in [0.1, 0.15) is 24.5 Å². The summed E-state index contributed by atoms with van der Waals surface area (Å²) in [4.78, 5) is 12.1. The van der Waals surface area contributed by atoms with Gasteiger partial charge in [0.05, 0.1) is 11.4 Å². The topological polar surface area (TPSA) is 37.8 Å². The van der Waals surface area contributed by atoms with Crippen LogP contribution in [0.15, 0.2) is 33.5 Å². The van der Waals surface area contributed by atoms with Crippen molar-refractivity contribution < 1.29 is 0 Å². The predicted octanol–water partition coefficient (Wildman–Crippen LogP) is 3.46. The molecule has 0 atom stereocenters. The molecule has 0 saturated heterocycles. The van der Waals surface area contributed by atoms with E-state index in [2.05, 4.69) is 21.0 Å². The highest BCUT2D eigenvalue weighted by atomic mass is 79.9. The first-order chi connectivity index (χ1) is 8.16. The van der Waals surface area contributed by atoms with Gasteiger partial charge in [-0.2, -0.15) is 0 Å². The molecular formula is C12H10BrClN2O. The molecule has 1 fully saturated rings. The molecule has 3 nitrogen and oxygen atoms in total. The van der Waals surface area contributed by atoms with Gasteiger partial charge in [-0.3, -0.25) is 9.89 Å². The number of benzene rings is 1. The molecule has 1 heterocycles. The normalized spacial score (nSPS) is 15.2. The first-order valence-corrected chi connectivity index (χ1v) is 6.60. The Hall–Kier alpha value is -1.00. The fourth-order valence-corrected chi connectivity index (χ4v) is 2.65. The van der Waals surface area contributed by atoms with Crippen molar-refractivity contribution in [3.8, 4) is 5.69 Å². The van der Waals surface area contributed by atoms with E-state index in [0.717, 1.165) is 24.2 Å². The summed E-state index contributed by atoms with van der Waals surface area (Å²) in [5.41, 5.74) is 1.69. The lowest BCUT2D eigenvalue weighted by Gasteiger charge is -2.01. The summed E-state index contributed by atoms with van der Waals surface area (Å²) in [6.07, 6.45) is 2.29. The second-order valence-electron chi connectivity index (χ2n) is 4.23. The molecule has 2 aromatic rings. The van der Waals surface area contributed by atoms with E-state index in [1.807, 2.05) is 12.1 Å². The molecule has 1 saturated carbocycles. The molecule has 1 aromatic heterocycles. The van der Waals surface area contributed by atoms with Gasteiger partial charge in [0.1, 0.15) is 4.47 Å². The van der Waals surface area contributed by atoms with Crippen LogP contribution in [0.25, 0.3) is 5.69 Å². The van der Waals surface area contributed by atoms with Crippen molar-refractivity contribution in [2.45, 2.75) is 18.8 Å². The standard InChI is InChI=1S/C12H10BrClN2O/c13-10-11(7-4-5-7)15-16(12(10)17)9-3-1-2-8(14)6-9/h1-3,6-7,15H,4-5H2. The van der Waals surface area contributed by atoms with Crippen molar-refractivity contribution in [2.24, 2.45) is 0 Å². The van der Waals surface area contributed by atoms with Crippen LogP contribution in [-0.2, 0) is 0 Å². The zero-order chi connectivity index (χ0) is 12.0. The maximum atomic E-state index is 12.1. The molecule has 1 aromatic carbocycles. The second kappa shape index (κ2) is 4.03. The Morgan fingerprint density at radius 3 is 2.82 bits per heavy atom. The summed E-state index contributed by atoms with van der Waals surface area (Å²) in [6, 6.07) is 7.24. The SMILES string of the molecule is O=c1c(Br)c(C2CC2)[nH]n1-c1cccc(Cl)c1. The van der Waals surface area contributed by atoms with E-state index < -0.39 is 0 Å². The van der Waals surface area contributed by atoms with Crippen molar-refractivity contribution in [1.29, 1.82) is 0 Å². The van der Waals surface area contributed by atoms with Gasteiger partial charge in [0.25, 0.3) is 5.56 Å². The fourth-order valence-electron chi connectivity index (χ4n) is 1.87. The van der Waals surface area contributed by atoms with Gasteiger partial charge in [0, 0.05) is 10.9 Å². The summed E-state index contributed by atoms with van der Waals surface area (Å²) < 4.78 is 2.17. The Balaban J connectivity index is 2.15. The molecule has 5 heteroatoms. The summed E-state index contributed by atoms with van der Waals surface area (Å²) in [5, 5.41) is 3.77. The van der Waals surface area contributed by atoms with Crippen LogP contribution in [-0.4, -0.2) is 9.78 Å². The highest BCUT2D eigenvalue weighted by Gasteiger charge is 2.29. The van der Waals surface area contributed by atoms with Gasteiger partial charge in [0.15, 0.2) is 0 Å². The van der Waals surface area contributed by atoms with Crippen LogP contribution in [0, 0.1) is 0 Å². The van der Waals surface area contributed by atoms with Crippen LogP contribution in [0.4, 0.5) is 0 Å². The van der Waals surface area contributed by atoms with E-state index in [-0.39, 0.29) is 5.56 Å². The highest BCUT2D eigenvalue weighted by molar-refractivity contribution is 9.10. The number of rotatable bonds is 2. The highest BCUT2D eigenvalue weighted by Crippen LogP contribution is 2.41. The molecule has 0 aliphatic heterocycles. The minimum Gasteiger partial charge on any atom is -0.294 e. The van der Waals surface area contributed by atoms with Crippen molar-refractivity contribution in [1.82, 2.24) is 9.78 Å². The zero-order valence-corrected chi connectivity index (χ0v) is 11.3. The van der Waals surface area contributed by atoms with Gasteiger partial charge in [-0.1, -0.05) is 17.7 Å². The Kier molecular flexibility index (Phi) is 2.64. The number of hydrogen-bond donors (Lipinski definition) is 1. The van der Waals surface area contributed by atoms with Crippen LogP contribution in [0.5, 0.6) is 0 Å². The van der Waals surface area contributed by atoms with Crippen molar-refractivity contribution in [3.63, 3.8) is 0 Å². The lowest BCUT2D eigenvalue weighted by molar-refractivity contribution is 0.816. The first-order valence-electron chi connectivity index (χ1n) is 5.43. The van der Waals surface area contributed by atoms with E-state index >= 15 is 0 Å². The van der Waals surface area contributed by atoms with Crippen molar-refractivity contribution >= 4 is 27.5 Å².